The summed E-state index contributed by atoms with van der Waals surface area (Å²) in [5.41, 5.74) is -2.37. The first-order valence-electron chi connectivity index (χ1n) is 29.3. The van der Waals surface area contributed by atoms with Crippen molar-refractivity contribution in [1.82, 2.24) is 30.7 Å². The molecule has 4 aromatic carbocycles. The maximum Gasteiger partial charge on any atom is 0.336 e. The zero-order valence-corrected chi connectivity index (χ0v) is 52.2. The fraction of sp³-hybridized carbons (Fsp3) is 0.317. The highest BCUT2D eigenvalue weighted by atomic mass is 35.5. The molecule has 4 aromatic rings. The molecule has 0 saturated heterocycles. The van der Waals surface area contributed by atoms with Gasteiger partial charge in [0.15, 0.2) is 17.4 Å². The lowest BCUT2D eigenvalue weighted by Crippen LogP contribution is -2.48. The summed E-state index contributed by atoms with van der Waals surface area (Å²) in [4.78, 5) is 165. The number of fused-ring (bicyclic) bond motifs is 2. The Labute approximate surface area is 557 Å². The lowest BCUT2D eigenvalue weighted by Gasteiger charge is -2.26. The first kappa shape index (κ1) is 76.0. The van der Waals surface area contributed by atoms with Gasteiger partial charge in [-0.15, -0.1) is 11.6 Å². The van der Waals surface area contributed by atoms with Crippen molar-refractivity contribution in [2.24, 2.45) is 0 Å². The van der Waals surface area contributed by atoms with Gasteiger partial charge >= 0.3 is 41.8 Å². The minimum Gasteiger partial charge on any atom is -0.505 e. The SMILES string of the molecule is O=C(O)CN(CC(=O)O)C(CCNC(=O)c1cc(CN(CCOCCOCCOCCNC(=O)c2ccc(-c3c4cc(F)c(=O)cc-4oc4cc(O)c(F)cc34)c(C(=O)O)c2)C(=O)c2cccc(NC(=O)CCl)c2)cc(C(=O)NCCC(C(=O)O)N(CC(=O)O)CC(=O)O)c1)C(=O)O. The number of aromatic carboxylic acids is 1. The molecule has 0 saturated carbocycles. The number of nitrogens with one attached hydrogen (secondary N) is 4. The number of carboxylic acids is 7. The number of amides is 5. The summed E-state index contributed by atoms with van der Waals surface area (Å²) < 4.78 is 52.0. The molecule has 6 rings (SSSR count). The van der Waals surface area contributed by atoms with Gasteiger partial charge in [-0.1, -0.05) is 12.1 Å². The molecule has 2 aliphatic rings. The maximum absolute atomic E-state index is 14.7. The minimum absolute atomic E-state index is 0.0116. The second-order valence-electron chi connectivity index (χ2n) is 21.3. The van der Waals surface area contributed by atoms with E-state index in [0.717, 1.165) is 36.4 Å². The van der Waals surface area contributed by atoms with Crippen molar-refractivity contribution in [1.29, 1.82) is 0 Å². The Hall–Kier alpha value is -11.0. The molecule has 12 N–H and O–H groups in total. The molecule has 0 spiro atoms. The van der Waals surface area contributed by atoms with Crippen molar-refractivity contribution in [3.63, 3.8) is 0 Å². The first-order chi connectivity index (χ1) is 46.5. The summed E-state index contributed by atoms with van der Waals surface area (Å²) >= 11 is 5.68. The van der Waals surface area contributed by atoms with E-state index in [1.807, 2.05) is 0 Å². The molecule has 98 heavy (non-hydrogen) atoms. The van der Waals surface area contributed by atoms with E-state index in [9.17, 15) is 112 Å². The highest BCUT2D eigenvalue weighted by Gasteiger charge is 2.32. The van der Waals surface area contributed by atoms with E-state index >= 15 is 0 Å². The van der Waals surface area contributed by atoms with Crippen LogP contribution < -0.4 is 26.7 Å². The van der Waals surface area contributed by atoms with E-state index in [1.165, 1.54) is 53.4 Å². The van der Waals surface area contributed by atoms with E-state index in [-0.39, 0.29) is 120 Å². The quantitative estimate of drug-likeness (QED) is 0.0149. The number of hydrogen-bond acceptors (Lipinski definition) is 20. The van der Waals surface area contributed by atoms with Gasteiger partial charge in [0.2, 0.25) is 11.3 Å². The van der Waals surface area contributed by atoms with Crippen LogP contribution in [0.4, 0.5) is 14.5 Å². The molecule has 522 valence electrons. The lowest BCUT2D eigenvalue weighted by atomic mass is 9.89. The number of aliphatic carboxylic acids is 6. The number of carbonyl (C=O) groups excluding carboxylic acids is 5. The standard InChI is InChI=1S/C63H64ClF2N7O25/c64-27-51(76)70-38-3-1-2-35(21-38)60(88)71(28-33-18-36(58(86)67-8-6-45(62(91)92)72(29-52(77)78)30-53(79)80)20-37(19-33)59(87)68-9-7-46(63(93)94)73(31-54(81)82)32-55(83)84)11-13-96-15-17-97-16-14-95-12-10-69-57(85)34-4-5-39(40(22-34)61(89)90)56-41-23-43(65)47(74)25-49(41)98-50-26-48(75)44(66)24-42(50)56/h1-5,18-26,45-46,74H,6-17,27-32H2,(H,67,86)(H,68,87)(H,69,85)(H,70,76)(H,77,78)(H,79,80)(H,81,82)(H,83,84)(H,89,90)(H,91,92)(H,93,94). The number of nitrogens with zero attached hydrogens (tertiary/aromatic N) is 3. The smallest absolute Gasteiger partial charge is 0.336 e. The molecule has 1 aliphatic heterocycles. The van der Waals surface area contributed by atoms with E-state index in [2.05, 4.69) is 21.3 Å². The van der Waals surface area contributed by atoms with Crippen LogP contribution in [0.2, 0.25) is 0 Å². The van der Waals surface area contributed by atoms with Crippen molar-refractivity contribution >= 4 is 99.6 Å². The molecular weight excluding hydrogens is 1330 g/mol. The zero-order valence-electron chi connectivity index (χ0n) is 51.5. The Kier molecular flexibility index (Phi) is 28.1. The van der Waals surface area contributed by atoms with Crippen molar-refractivity contribution in [2.45, 2.75) is 31.5 Å². The molecule has 1 heterocycles. The van der Waals surface area contributed by atoms with Crippen LogP contribution in [0.25, 0.3) is 33.4 Å². The van der Waals surface area contributed by atoms with Crippen molar-refractivity contribution < 1.29 is 126 Å². The van der Waals surface area contributed by atoms with Crippen LogP contribution in [0.15, 0.2) is 94.1 Å². The second-order valence-corrected chi connectivity index (χ2v) is 21.6. The molecule has 5 amide bonds. The third-order valence-corrected chi connectivity index (χ3v) is 14.6. The van der Waals surface area contributed by atoms with E-state index in [0.29, 0.717) is 9.80 Å². The molecular formula is C63H64ClF2N7O25. The predicted molar refractivity (Wildman–Crippen MR) is 335 cm³/mol. The molecule has 1 aliphatic carbocycles. The third kappa shape index (κ3) is 22.0. The Morgan fingerprint density at radius 3 is 1.61 bits per heavy atom. The molecule has 32 nitrogen and oxygen atoms in total. The topological polar surface area (TPSA) is 482 Å². The van der Waals surface area contributed by atoms with Crippen molar-refractivity contribution in [3.05, 3.63) is 140 Å². The maximum atomic E-state index is 14.7. The molecule has 0 radical (unpaired) electrons. The Bertz CT molecular complexity index is 3920. The van der Waals surface area contributed by atoms with Crippen LogP contribution in [0.3, 0.4) is 0 Å². The number of anilines is 1. The Morgan fingerprint density at radius 2 is 1.08 bits per heavy atom. The molecule has 35 heteroatoms. The van der Waals surface area contributed by atoms with Crippen LogP contribution in [0.1, 0.15) is 70.2 Å². The average molecular weight is 1390 g/mol. The molecule has 0 fully saturated rings. The number of halogens is 3. The lowest BCUT2D eigenvalue weighted by molar-refractivity contribution is -0.152. The average Bonchev–Trinajstić information content (AvgIpc) is 0.741. The summed E-state index contributed by atoms with van der Waals surface area (Å²) in [5, 5.41) is 87.4. The van der Waals surface area contributed by atoms with E-state index in [1.54, 1.807) is 0 Å². The van der Waals surface area contributed by atoms with E-state index in [4.69, 9.17) is 30.2 Å². The number of rotatable bonds is 40. The van der Waals surface area contributed by atoms with Crippen LogP contribution in [-0.4, -0.2) is 237 Å². The van der Waals surface area contributed by atoms with Gasteiger partial charge in [0, 0.05) is 89.3 Å². The van der Waals surface area contributed by atoms with Gasteiger partial charge in [-0.3, -0.25) is 67.3 Å². The summed E-state index contributed by atoms with van der Waals surface area (Å²) in [6.45, 7) is -5.93. The number of ether oxygens (including phenoxy) is 3. The van der Waals surface area contributed by atoms with Gasteiger partial charge in [-0.25, -0.2) is 13.6 Å². The van der Waals surface area contributed by atoms with Gasteiger partial charge < -0.3 is 85.6 Å². The van der Waals surface area contributed by atoms with Crippen LogP contribution in [0, 0.1) is 11.6 Å². The summed E-state index contributed by atoms with van der Waals surface area (Å²) in [5.74, 6) is -18.7. The zero-order chi connectivity index (χ0) is 71.9. The van der Waals surface area contributed by atoms with E-state index < -0.39 is 176 Å². The highest BCUT2D eigenvalue weighted by Crippen LogP contribution is 2.43. The fourth-order valence-electron chi connectivity index (χ4n) is 9.97. The highest BCUT2D eigenvalue weighted by molar-refractivity contribution is 6.29. The van der Waals surface area contributed by atoms with Crippen LogP contribution in [0.5, 0.6) is 5.75 Å². The molecule has 0 bridgehead atoms. The van der Waals surface area contributed by atoms with Crippen LogP contribution in [-0.2, 0) is 54.3 Å². The Morgan fingerprint density at radius 1 is 0.551 bits per heavy atom. The van der Waals surface area contributed by atoms with Gasteiger partial charge in [0.25, 0.3) is 23.6 Å². The number of aromatic hydroxyl groups is 1. The van der Waals surface area contributed by atoms with Gasteiger partial charge in [0.05, 0.1) is 71.4 Å². The first-order valence-corrected chi connectivity index (χ1v) is 29.8. The monoisotopic (exact) mass is 1390 g/mol. The molecule has 2 atom stereocenters. The number of phenols is 1. The van der Waals surface area contributed by atoms with Crippen molar-refractivity contribution in [3.8, 4) is 28.2 Å². The van der Waals surface area contributed by atoms with Crippen LogP contribution >= 0.6 is 11.6 Å². The second kappa shape index (κ2) is 36.2. The fourth-order valence-corrected chi connectivity index (χ4v) is 10.0. The summed E-state index contributed by atoms with van der Waals surface area (Å²) in [6.07, 6.45) is -1.05. The molecule has 0 aromatic heterocycles. The number of hydrogen-bond donors (Lipinski definition) is 12. The number of alkyl halides is 1. The molecule has 2 unspecified atom stereocenters. The number of benzene rings is 5. The largest absolute Gasteiger partial charge is 0.505 e. The minimum atomic E-state index is -1.73. The summed E-state index contributed by atoms with van der Waals surface area (Å²) in [7, 11) is 0. The number of carbonyl (C=O) groups is 12. The third-order valence-electron chi connectivity index (χ3n) is 14.3. The van der Waals surface area contributed by atoms with Gasteiger partial charge in [-0.2, -0.15) is 0 Å². The van der Waals surface area contributed by atoms with Crippen molar-refractivity contribution in [2.75, 3.05) is 103 Å². The van der Waals surface area contributed by atoms with Gasteiger partial charge in [0.1, 0.15) is 29.3 Å². The predicted octanol–water partition coefficient (Wildman–Crippen LogP) is 2.63. The Balaban J connectivity index is 1.11. The number of phenolic OH excluding ortho intramolecular Hbond substituents is 1. The van der Waals surface area contributed by atoms with Gasteiger partial charge in [-0.05, 0) is 84.6 Å². The number of carboxylic acid groups (broad SMARTS) is 7. The normalized spacial score (nSPS) is 11.8. The summed E-state index contributed by atoms with van der Waals surface area (Å²) in [6, 6.07) is 12.7.